The van der Waals surface area contributed by atoms with E-state index in [-0.39, 0.29) is 54.9 Å². The third kappa shape index (κ3) is 16.3. The average molecular weight is 1130 g/mol. The monoisotopic (exact) mass is 1130 g/mol. The van der Waals surface area contributed by atoms with Crippen LogP contribution in [0.15, 0.2) is 170 Å². The van der Waals surface area contributed by atoms with Crippen molar-refractivity contribution in [2.45, 2.75) is 120 Å². The maximum atomic E-state index is 13.9. The summed E-state index contributed by atoms with van der Waals surface area (Å²) in [5.41, 5.74) is 4.49. The van der Waals surface area contributed by atoms with Crippen LogP contribution in [0.1, 0.15) is 146 Å². The normalized spacial score (nSPS) is 15.5. The van der Waals surface area contributed by atoms with Gasteiger partial charge in [0.2, 0.25) is 23.6 Å². The summed E-state index contributed by atoms with van der Waals surface area (Å²) in [5.74, 6) is -6.94. The molecule has 7 aromatic rings. The first-order chi connectivity index (χ1) is 39.2. The number of rotatable bonds is 27. The number of unbranched alkanes of at least 4 members (excludes halogenated alkanes) is 7. The molecule has 1 saturated heterocycles. The molecule has 3 amide bonds. The van der Waals surface area contributed by atoms with Crippen LogP contribution in [-0.4, -0.2) is 50.0 Å². The number of ether oxygens (including phenoxy) is 1. The fraction of sp³-hybridized carbons (Fsp3) is 0.312. The highest BCUT2D eigenvalue weighted by Gasteiger charge is 2.49. The van der Waals surface area contributed by atoms with Gasteiger partial charge in [0.15, 0.2) is 0 Å². The predicted octanol–water partition coefficient (Wildman–Crippen LogP) is 13.4. The summed E-state index contributed by atoms with van der Waals surface area (Å²) in [6.07, 6.45) is 3.13. The number of nitrogens with one attached hydrogen (secondary N) is 2. The van der Waals surface area contributed by atoms with Gasteiger partial charge >= 0.3 is 12.1 Å². The Morgan fingerprint density at radius 1 is 0.646 bits per heavy atom. The van der Waals surface area contributed by atoms with Crippen molar-refractivity contribution in [1.29, 1.82) is 0 Å². The van der Waals surface area contributed by atoms with Crippen molar-refractivity contribution in [2.24, 2.45) is 5.92 Å². The summed E-state index contributed by atoms with van der Waals surface area (Å²) < 4.78 is 73.1. The van der Waals surface area contributed by atoms with Crippen molar-refractivity contribution >= 4 is 35.1 Å². The Morgan fingerprint density at radius 3 is 1.93 bits per heavy atom. The van der Waals surface area contributed by atoms with Crippen molar-refractivity contribution in [3.8, 4) is 5.88 Å². The van der Waals surface area contributed by atoms with Gasteiger partial charge in [-0.2, -0.15) is 13.2 Å². The second-order valence-electron chi connectivity index (χ2n) is 20.3. The summed E-state index contributed by atoms with van der Waals surface area (Å²) in [7, 11) is 0. The number of carbonyl (C=O) groups is 4. The molecule has 0 bridgehead atoms. The lowest BCUT2D eigenvalue weighted by Gasteiger charge is -2.48. The number of alkyl halides is 3. The number of pyridine rings is 2. The van der Waals surface area contributed by atoms with Crippen molar-refractivity contribution in [3.05, 3.63) is 221 Å². The largest absolute Gasteiger partial charge is 0.491 e. The van der Waals surface area contributed by atoms with E-state index in [1.165, 1.54) is 60.9 Å². The molecule has 3 heterocycles. The summed E-state index contributed by atoms with van der Waals surface area (Å²) in [5, 5.41) is 29.0. The lowest BCUT2D eigenvalue weighted by atomic mass is 9.74. The first-order valence-electron chi connectivity index (χ1n) is 27.3. The van der Waals surface area contributed by atoms with Gasteiger partial charge in [0, 0.05) is 66.2 Å². The van der Waals surface area contributed by atoms with Crippen LogP contribution < -0.4 is 26.4 Å². The fourth-order valence-corrected chi connectivity index (χ4v) is 10.6. The van der Waals surface area contributed by atoms with Crippen molar-refractivity contribution in [1.82, 2.24) is 21.4 Å². The van der Waals surface area contributed by atoms with Crippen molar-refractivity contribution in [3.63, 3.8) is 0 Å². The third-order valence-electron chi connectivity index (χ3n) is 14.7. The molecule has 7 N–H and O–H groups in total. The molecule has 0 radical (unpaired) electrons. The Labute approximate surface area is 473 Å². The Morgan fingerprint density at radius 2 is 1.26 bits per heavy atom. The molecule has 0 spiro atoms. The molecule has 8 rings (SSSR count). The lowest BCUT2D eigenvalue weighted by Crippen LogP contribution is -2.55. The molecule has 0 aliphatic carbocycles. The van der Waals surface area contributed by atoms with Gasteiger partial charge < -0.3 is 36.6 Å². The van der Waals surface area contributed by atoms with Gasteiger partial charge in [-0.15, -0.1) is 0 Å². The topological polar surface area (TPSA) is 206 Å². The molecule has 5 aromatic carbocycles. The van der Waals surface area contributed by atoms with E-state index in [1.807, 2.05) is 24.3 Å². The van der Waals surface area contributed by atoms with Crippen LogP contribution in [0.2, 0.25) is 0 Å². The van der Waals surface area contributed by atoms with E-state index in [1.54, 1.807) is 89.8 Å². The van der Waals surface area contributed by atoms with Crippen LogP contribution >= 0.6 is 0 Å². The number of aliphatic hydroxyl groups excluding tert-OH is 2. The quantitative estimate of drug-likeness (QED) is 0.0143. The molecular weight excluding hydrogens is 1060 g/mol. The molecule has 18 heteroatoms. The number of aliphatic hydroxyl groups is 2. The Balaban J connectivity index is 0.00000968. The van der Waals surface area contributed by atoms with Gasteiger partial charge in [-0.1, -0.05) is 136 Å². The molecule has 1 aliphatic heterocycles. The molecule has 1 aliphatic rings. The van der Waals surface area contributed by atoms with Crippen LogP contribution in [0.4, 0.5) is 33.3 Å². The maximum Gasteiger partial charge on any atom is 0.491 e. The predicted molar refractivity (Wildman–Crippen MR) is 301 cm³/mol. The maximum absolute atomic E-state index is 13.9. The Kier molecular flexibility index (Phi) is 22.1. The van der Waals surface area contributed by atoms with Gasteiger partial charge in [0.1, 0.15) is 11.6 Å². The summed E-state index contributed by atoms with van der Waals surface area (Å²) >= 11 is 0. The number of carbonyl (C=O) groups excluding carboxylic acids is 4. The number of anilines is 2. The van der Waals surface area contributed by atoms with Gasteiger partial charge in [-0.3, -0.25) is 19.4 Å². The first kappa shape index (κ1) is 61.4. The van der Waals surface area contributed by atoms with Crippen LogP contribution in [0.3, 0.4) is 0 Å². The second-order valence-corrected chi connectivity index (χ2v) is 20.3. The van der Waals surface area contributed by atoms with E-state index < -0.39 is 59.6 Å². The first-order valence-corrected chi connectivity index (χ1v) is 27.3. The standard InChI is InChI=1S/C64H64F5N5O7.H3N/c65-46-30-28-43(29-31-46)54(75)37-36-51-59(74(62(51)79)48-34-32-47(66)33-35-48)45-21-16-18-42(40-45)41-72-55(76)26-10-5-3-1-2-4-6-11-27-56(77)73-52-24-13-12-22-49(52)57(50-23-17-39-71-61(50)81-63(80)64(67,68)69)58(53-25-14-15-38-70-53)60(78)44-19-8-7-9-20-44;/h7-9,12-25,28-35,38-40,51,54,57-60,75,78H,1-6,10-11,26-27,36-37,41H2,(H,72,76)(H,73,77);1H3. The molecule has 6 unspecified atom stereocenters. The average Bonchev–Trinajstić information content (AvgIpc) is 1.67. The molecule has 82 heavy (non-hydrogen) atoms. The van der Waals surface area contributed by atoms with E-state index in [2.05, 4.69) is 20.6 Å². The highest BCUT2D eigenvalue weighted by atomic mass is 19.4. The molecule has 2 aromatic heterocycles. The van der Waals surface area contributed by atoms with Crippen molar-refractivity contribution < 1.29 is 56.1 Å². The number of hydrogen-bond acceptors (Lipinski definition) is 10. The van der Waals surface area contributed by atoms with E-state index in [0.717, 1.165) is 49.7 Å². The van der Waals surface area contributed by atoms with Gasteiger partial charge in [0.05, 0.1) is 24.2 Å². The van der Waals surface area contributed by atoms with Crippen LogP contribution in [0, 0.1) is 17.6 Å². The van der Waals surface area contributed by atoms with Crippen LogP contribution in [0.25, 0.3) is 0 Å². The SMILES string of the molecule is N.O=C(CCCCCCCCCCC(=O)Nc1ccccc1C(c1cccnc1OC(=O)C(F)(F)F)C(c1ccccn1)C(O)c1ccccc1)NCc1cccc(C2C(CCC(O)c3ccc(F)cc3)C(=O)N2c2ccc(F)cc2)c1. The zero-order chi connectivity index (χ0) is 57.3. The van der Waals surface area contributed by atoms with E-state index in [0.29, 0.717) is 59.4 Å². The molecule has 1 fully saturated rings. The molecule has 6 atom stereocenters. The van der Waals surface area contributed by atoms with E-state index >= 15 is 0 Å². The zero-order valence-electron chi connectivity index (χ0n) is 45.2. The van der Waals surface area contributed by atoms with E-state index in [9.17, 15) is 51.3 Å². The van der Waals surface area contributed by atoms with Crippen LogP contribution in [0.5, 0.6) is 5.88 Å². The number of para-hydroxylation sites is 1. The summed E-state index contributed by atoms with van der Waals surface area (Å²) in [6, 6.07) is 42.2. The number of nitrogens with zero attached hydrogens (tertiary/aromatic N) is 3. The minimum absolute atomic E-state index is 0. The Hall–Kier alpha value is -8.19. The highest BCUT2D eigenvalue weighted by Crippen LogP contribution is 2.50. The number of β-lactam (4-membered cyclic amide) rings is 1. The summed E-state index contributed by atoms with van der Waals surface area (Å²) in [4.78, 5) is 62.7. The number of amides is 3. The Bertz CT molecular complexity index is 3190. The van der Waals surface area contributed by atoms with Crippen molar-refractivity contribution in [2.75, 3.05) is 10.2 Å². The molecular formula is C64H67F5N6O7. The summed E-state index contributed by atoms with van der Waals surface area (Å²) in [6.45, 7) is 0.285. The number of esters is 1. The van der Waals surface area contributed by atoms with Crippen LogP contribution in [-0.2, 0) is 25.7 Å². The van der Waals surface area contributed by atoms with Gasteiger partial charge in [-0.05, 0) is 114 Å². The number of hydrogen-bond donors (Lipinski definition) is 5. The lowest BCUT2D eigenvalue weighted by molar-refractivity contribution is -0.190. The smallest absolute Gasteiger partial charge is 0.400 e. The molecule has 430 valence electrons. The fourth-order valence-electron chi connectivity index (χ4n) is 10.6. The molecule has 0 saturated carbocycles. The molecule has 13 nitrogen and oxygen atoms in total. The minimum atomic E-state index is -5.32. The van der Waals surface area contributed by atoms with Gasteiger partial charge in [-0.25, -0.2) is 18.6 Å². The third-order valence-corrected chi connectivity index (χ3v) is 14.7. The number of benzene rings is 5. The number of halogens is 5. The second kappa shape index (κ2) is 29.5. The number of aromatic nitrogens is 2. The highest BCUT2D eigenvalue weighted by molar-refractivity contribution is 6.03. The zero-order valence-corrected chi connectivity index (χ0v) is 45.2. The van der Waals surface area contributed by atoms with Gasteiger partial charge in [0.25, 0.3) is 0 Å². The minimum Gasteiger partial charge on any atom is -0.400 e. The van der Waals surface area contributed by atoms with E-state index in [4.69, 9.17) is 4.74 Å².